The van der Waals surface area contributed by atoms with Gasteiger partial charge in [-0.3, -0.25) is 0 Å². The lowest BCUT2D eigenvalue weighted by molar-refractivity contribution is 1.75. The van der Waals surface area contributed by atoms with E-state index in [1.807, 2.05) is 11.3 Å². The van der Waals surface area contributed by atoms with E-state index in [9.17, 15) is 0 Å². The molecule has 0 saturated carbocycles. The van der Waals surface area contributed by atoms with Crippen LogP contribution in [0.5, 0.6) is 0 Å². The Bertz CT molecular complexity index is 1180. The van der Waals surface area contributed by atoms with Crippen molar-refractivity contribution in [3.05, 3.63) is 70.3 Å². The summed E-state index contributed by atoms with van der Waals surface area (Å²) < 4.78 is 4.09. The lowest BCUT2D eigenvalue weighted by Crippen LogP contribution is -1.81. The maximum absolute atomic E-state index is 2.43. The third-order valence-electron chi connectivity index (χ3n) is 4.33. The standard InChI is InChI=1S/C20H11IS/c21-17-6-3-5-15-13(17)10-8-12-9-11-16-14-4-1-2-7-18(14)22-20(16)19(12)15/h1-11H. The molecule has 0 saturated heterocycles. The second-order valence-corrected chi connectivity index (χ2v) is 7.75. The Labute approximate surface area is 145 Å². The minimum Gasteiger partial charge on any atom is -0.135 e. The summed E-state index contributed by atoms with van der Waals surface area (Å²) in [5.74, 6) is 0. The van der Waals surface area contributed by atoms with Crippen LogP contribution >= 0.6 is 33.9 Å². The van der Waals surface area contributed by atoms with E-state index in [0.29, 0.717) is 0 Å². The highest BCUT2D eigenvalue weighted by atomic mass is 127. The Morgan fingerprint density at radius 3 is 2.32 bits per heavy atom. The molecule has 0 spiro atoms. The molecule has 0 N–H and O–H groups in total. The molecular weight excluding hydrogens is 399 g/mol. The van der Waals surface area contributed by atoms with E-state index in [0.717, 1.165) is 0 Å². The Kier molecular flexibility index (Phi) is 2.73. The molecule has 1 heterocycles. The summed E-state index contributed by atoms with van der Waals surface area (Å²) in [6, 6.07) is 24.3. The predicted molar refractivity (Wildman–Crippen MR) is 107 cm³/mol. The Morgan fingerprint density at radius 2 is 1.41 bits per heavy atom. The number of hydrogen-bond donors (Lipinski definition) is 0. The van der Waals surface area contributed by atoms with E-state index in [1.165, 1.54) is 45.3 Å². The zero-order valence-electron chi connectivity index (χ0n) is 11.6. The van der Waals surface area contributed by atoms with Crippen molar-refractivity contribution in [3.63, 3.8) is 0 Å². The van der Waals surface area contributed by atoms with Gasteiger partial charge in [0.15, 0.2) is 0 Å². The van der Waals surface area contributed by atoms with E-state index in [-0.39, 0.29) is 0 Å². The maximum atomic E-state index is 2.43. The number of fused-ring (bicyclic) bond motifs is 7. The molecular formula is C20H11IS. The van der Waals surface area contributed by atoms with Gasteiger partial charge in [-0.05, 0) is 50.9 Å². The smallest absolute Gasteiger partial charge is 0.0440 e. The molecule has 5 aromatic rings. The van der Waals surface area contributed by atoms with Gasteiger partial charge in [0.2, 0.25) is 0 Å². The monoisotopic (exact) mass is 410 g/mol. The van der Waals surface area contributed by atoms with Crippen LogP contribution in [0.3, 0.4) is 0 Å². The predicted octanol–water partition coefficient (Wildman–Crippen LogP) is 6.97. The second-order valence-electron chi connectivity index (χ2n) is 5.54. The third-order valence-corrected chi connectivity index (χ3v) is 6.48. The van der Waals surface area contributed by atoms with Crippen LogP contribution in [0.15, 0.2) is 66.7 Å². The normalized spacial score (nSPS) is 11.9. The zero-order chi connectivity index (χ0) is 14.7. The lowest BCUT2D eigenvalue weighted by Gasteiger charge is -2.06. The van der Waals surface area contributed by atoms with Gasteiger partial charge in [-0.1, -0.05) is 54.6 Å². The summed E-state index contributed by atoms with van der Waals surface area (Å²) in [5.41, 5.74) is 0. The number of halogens is 1. The Hall–Kier alpha value is -1.65. The second kappa shape index (κ2) is 4.67. The van der Waals surface area contributed by atoms with Crippen molar-refractivity contribution in [1.82, 2.24) is 0 Å². The SMILES string of the molecule is Ic1cccc2c1ccc1ccc3c4ccccc4sc3c12. The lowest BCUT2D eigenvalue weighted by atomic mass is 10.00. The van der Waals surface area contributed by atoms with Gasteiger partial charge in [-0.2, -0.15) is 0 Å². The van der Waals surface area contributed by atoms with E-state index in [4.69, 9.17) is 0 Å². The molecule has 0 fully saturated rings. The first kappa shape index (κ1) is 12.9. The number of hydrogen-bond acceptors (Lipinski definition) is 1. The first-order chi connectivity index (χ1) is 10.8. The largest absolute Gasteiger partial charge is 0.135 e. The highest BCUT2D eigenvalue weighted by molar-refractivity contribution is 14.1. The molecule has 104 valence electrons. The van der Waals surface area contributed by atoms with Crippen LogP contribution in [0.2, 0.25) is 0 Å². The van der Waals surface area contributed by atoms with Gasteiger partial charge >= 0.3 is 0 Å². The Morgan fingerprint density at radius 1 is 0.636 bits per heavy atom. The van der Waals surface area contributed by atoms with Crippen molar-refractivity contribution < 1.29 is 0 Å². The number of benzene rings is 4. The van der Waals surface area contributed by atoms with Crippen molar-refractivity contribution in [3.8, 4) is 0 Å². The summed E-state index contributed by atoms with van der Waals surface area (Å²) in [7, 11) is 0. The number of rotatable bonds is 0. The van der Waals surface area contributed by atoms with Crippen LogP contribution in [-0.2, 0) is 0 Å². The third kappa shape index (κ3) is 1.68. The molecule has 2 heteroatoms. The van der Waals surface area contributed by atoms with E-state index in [2.05, 4.69) is 89.3 Å². The fourth-order valence-corrected chi connectivity index (χ4v) is 5.27. The highest BCUT2D eigenvalue weighted by Gasteiger charge is 2.11. The molecule has 4 aromatic carbocycles. The molecule has 5 rings (SSSR count). The average Bonchev–Trinajstić information content (AvgIpc) is 2.93. The molecule has 0 amide bonds. The fraction of sp³-hybridized carbons (Fsp3) is 0. The molecule has 0 aliphatic heterocycles. The molecule has 0 nitrogen and oxygen atoms in total. The van der Waals surface area contributed by atoms with Gasteiger partial charge in [0.05, 0.1) is 0 Å². The summed E-state index contributed by atoms with van der Waals surface area (Å²) in [5, 5.41) is 8.18. The van der Waals surface area contributed by atoms with Crippen LogP contribution in [0, 0.1) is 3.57 Å². The van der Waals surface area contributed by atoms with Gasteiger partial charge in [-0.15, -0.1) is 11.3 Å². The summed E-state index contributed by atoms with van der Waals surface area (Å²) in [6.45, 7) is 0. The van der Waals surface area contributed by atoms with E-state index >= 15 is 0 Å². The maximum Gasteiger partial charge on any atom is 0.0440 e. The van der Waals surface area contributed by atoms with E-state index < -0.39 is 0 Å². The highest BCUT2D eigenvalue weighted by Crippen LogP contribution is 2.41. The molecule has 0 radical (unpaired) electrons. The first-order valence-corrected chi connectivity index (χ1v) is 9.14. The van der Waals surface area contributed by atoms with E-state index in [1.54, 1.807) is 0 Å². The van der Waals surface area contributed by atoms with Crippen molar-refractivity contribution in [2.45, 2.75) is 0 Å². The van der Waals surface area contributed by atoms with Crippen LogP contribution < -0.4 is 0 Å². The molecule has 0 bridgehead atoms. The minimum absolute atomic E-state index is 1.31. The topological polar surface area (TPSA) is 0 Å². The average molecular weight is 410 g/mol. The molecule has 1 aromatic heterocycles. The molecule has 0 atom stereocenters. The van der Waals surface area contributed by atoms with Gasteiger partial charge in [0.1, 0.15) is 0 Å². The zero-order valence-corrected chi connectivity index (χ0v) is 14.6. The van der Waals surface area contributed by atoms with Gasteiger partial charge < -0.3 is 0 Å². The van der Waals surface area contributed by atoms with Crippen LogP contribution in [-0.4, -0.2) is 0 Å². The van der Waals surface area contributed by atoms with Crippen molar-refractivity contribution >= 4 is 75.6 Å². The van der Waals surface area contributed by atoms with Crippen LogP contribution in [0.4, 0.5) is 0 Å². The molecule has 22 heavy (non-hydrogen) atoms. The Balaban J connectivity index is 2.13. The van der Waals surface area contributed by atoms with Gasteiger partial charge in [-0.25, -0.2) is 0 Å². The van der Waals surface area contributed by atoms with Crippen molar-refractivity contribution in [2.75, 3.05) is 0 Å². The van der Waals surface area contributed by atoms with Gasteiger partial charge in [0.25, 0.3) is 0 Å². The minimum atomic E-state index is 1.31. The number of thiophene rings is 1. The molecule has 0 aliphatic carbocycles. The summed E-state index contributed by atoms with van der Waals surface area (Å²) >= 11 is 4.34. The van der Waals surface area contributed by atoms with Crippen molar-refractivity contribution in [2.24, 2.45) is 0 Å². The quantitative estimate of drug-likeness (QED) is 0.191. The molecule has 0 aliphatic rings. The summed E-state index contributed by atoms with van der Waals surface area (Å²) in [4.78, 5) is 0. The van der Waals surface area contributed by atoms with Crippen molar-refractivity contribution in [1.29, 1.82) is 0 Å². The van der Waals surface area contributed by atoms with Gasteiger partial charge in [0, 0.05) is 29.1 Å². The fourth-order valence-electron chi connectivity index (χ4n) is 3.32. The van der Waals surface area contributed by atoms with Crippen LogP contribution in [0.1, 0.15) is 0 Å². The van der Waals surface area contributed by atoms with Crippen LogP contribution in [0.25, 0.3) is 41.7 Å². The first-order valence-electron chi connectivity index (χ1n) is 7.24. The molecule has 0 unspecified atom stereocenters. The summed E-state index contributed by atoms with van der Waals surface area (Å²) in [6.07, 6.45) is 0.